The predicted octanol–water partition coefficient (Wildman–Crippen LogP) is 2.78. The summed E-state index contributed by atoms with van der Waals surface area (Å²) in [6.45, 7) is 5.86. The molecule has 0 spiro atoms. The second-order valence-corrected chi connectivity index (χ2v) is 8.03. The van der Waals surface area contributed by atoms with Crippen LogP contribution in [0.4, 0.5) is 0 Å². The number of carbonyl (C=O) groups excluding carboxylic acids is 1. The van der Waals surface area contributed by atoms with E-state index in [0.717, 1.165) is 28.9 Å². The van der Waals surface area contributed by atoms with Crippen LogP contribution in [0.25, 0.3) is 0 Å². The van der Waals surface area contributed by atoms with Gasteiger partial charge < -0.3 is 10.1 Å². The third kappa shape index (κ3) is 4.71. The summed E-state index contributed by atoms with van der Waals surface area (Å²) in [6, 6.07) is 15.7. The molecule has 0 saturated carbocycles. The van der Waals surface area contributed by atoms with E-state index in [9.17, 15) is 9.59 Å². The zero-order chi connectivity index (χ0) is 21.8. The Morgan fingerprint density at radius 1 is 1.19 bits per heavy atom. The fraction of sp³-hybridized carbons (Fsp3) is 0.375. The van der Waals surface area contributed by atoms with Crippen molar-refractivity contribution in [3.63, 3.8) is 0 Å². The van der Waals surface area contributed by atoms with E-state index in [1.165, 1.54) is 4.68 Å². The normalized spacial score (nSPS) is 15.4. The predicted molar refractivity (Wildman–Crippen MR) is 118 cm³/mol. The Morgan fingerprint density at radius 3 is 2.81 bits per heavy atom. The number of hydrogen-bond acceptors (Lipinski definition) is 4. The Hall–Kier alpha value is -3.35. The highest BCUT2D eigenvalue weighted by Crippen LogP contribution is 2.24. The summed E-state index contributed by atoms with van der Waals surface area (Å²) in [7, 11) is 0. The van der Waals surface area contributed by atoms with Crippen LogP contribution in [0.1, 0.15) is 41.3 Å². The highest BCUT2D eigenvalue weighted by atomic mass is 16.5. The molecule has 1 N–H and O–H groups in total. The topological polar surface area (TPSA) is 78.2 Å². The van der Waals surface area contributed by atoms with Crippen LogP contribution in [-0.2, 0) is 17.9 Å². The SMILES string of the molecule is Cc1ccc(C)c(Cn2nc3n(c2=O)CCCC3C(=O)NCCOc2ccccc2)c1. The highest BCUT2D eigenvalue weighted by Gasteiger charge is 2.31. The van der Waals surface area contributed by atoms with Crippen LogP contribution in [-0.4, -0.2) is 33.4 Å². The molecule has 0 aliphatic carbocycles. The summed E-state index contributed by atoms with van der Waals surface area (Å²) in [5.41, 5.74) is 3.18. The molecule has 0 saturated heterocycles. The van der Waals surface area contributed by atoms with Gasteiger partial charge in [0.05, 0.1) is 19.0 Å². The van der Waals surface area contributed by atoms with Crippen LogP contribution < -0.4 is 15.7 Å². The number of hydrogen-bond donors (Lipinski definition) is 1. The summed E-state index contributed by atoms with van der Waals surface area (Å²) >= 11 is 0. The Morgan fingerprint density at radius 2 is 2.00 bits per heavy atom. The Bertz CT molecular complexity index is 1120. The molecule has 7 heteroatoms. The summed E-state index contributed by atoms with van der Waals surface area (Å²) in [6.07, 6.45) is 1.46. The van der Waals surface area contributed by atoms with E-state index >= 15 is 0 Å². The van der Waals surface area contributed by atoms with E-state index < -0.39 is 5.92 Å². The summed E-state index contributed by atoms with van der Waals surface area (Å²) in [5.74, 6) is 0.802. The minimum absolute atomic E-state index is 0.110. The minimum Gasteiger partial charge on any atom is -0.492 e. The van der Waals surface area contributed by atoms with Crippen molar-refractivity contribution in [1.82, 2.24) is 19.7 Å². The molecule has 1 aliphatic rings. The van der Waals surface area contributed by atoms with Crippen molar-refractivity contribution in [2.45, 2.75) is 45.7 Å². The molecular formula is C24H28N4O3. The number of aryl methyl sites for hydroxylation is 2. The van der Waals surface area contributed by atoms with E-state index in [1.54, 1.807) is 4.57 Å². The van der Waals surface area contributed by atoms with Gasteiger partial charge in [0.2, 0.25) is 5.91 Å². The summed E-state index contributed by atoms with van der Waals surface area (Å²) in [4.78, 5) is 25.7. The third-order valence-corrected chi connectivity index (χ3v) is 5.69. The van der Waals surface area contributed by atoms with Gasteiger partial charge in [-0.2, -0.15) is 5.10 Å². The molecule has 3 aromatic rings. The molecule has 2 aromatic carbocycles. The summed E-state index contributed by atoms with van der Waals surface area (Å²) in [5, 5.41) is 7.50. The van der Waals surface area contributed by atoms with Crippen LogP contribution in [0.3, 0.4) is 0 Å². The maximum atomic E-state index is 12.9. The van der Waals surface area contributed by atoms with Gasteiger partial charge in [0.15, 0.2) is 0 Å². The fourth-order valence-corrected chi connectivity index (χ4v) is 3.97. The number of ether oxygens (including phenoxy) is 1. The largest absolute Gasteiger partial charge is 0.492 e. The number of nitrogens with one attached hydrogen (secondary N) is 1. The van der Waals surface area contributed by atoms with Crippen LogP contribution in [0.5, 0.6) is 5.75 Å². The second-order valence-electron chi connectivity index (χ2n) is 8.03. The smallest absolute Gasteiger partial charge is 0.346 e. The Labute approximate surface area is 181 Å². The molecule has 1 unspecified atom stereocenters. The van der Waals surface area contributed by atoms with Gasteiger partial charge >= 0.3 is 5.69 Å². The average molecular weight is 421 g/mol. The number of benzene rings is 2. The monoisotopic (exact) mass is 420 g/mol. The number of amides is 1. The fourth-order valence-electron chi connectivity index (χ4n) is 3.97. The van der Waals surface area contributed by atoms with Crippen molar-refractivity contribution in [3.8, 4) is 5.75 Å². The van der Waals surface area contributed by atoms with Crippen LogP contribution in [0.15, 0.2) is 53.3 Å². The molecule has 1 amide bonds. The van der Waals surface area contributed by atoms with Crippen LogP contribution in [0.2, 0.25) is 0 Å². The molecule has 1 atom stereocenters. The Balaban J connectivity index is 1.43. The van der Waals surface area contributed by atoms with Gasteiger partial charge in [-0.1, -0.05) is 42.0 Å². The van der Waals surface area contributed by atoms with Gasteiger partial charge in [0.25, 0.3) is 0 Å². The standard InChI is InChI=1S/C24H28N4O3/c1-17-10-11-18(2)19(15-17)16-28-24(30)27-13-6-9-21(22(27)26-28)23(29)25-12-14-31-20-7-4-3-5-8-20/h3-5,7-8,10-11,15,21H,6,9,12-14,16H2,1-2H3,(H,25,29). The van der Waals surface area contributed by atoms with Gasteiger partial charge in [-0.25, -0.2) is 9.48 Å². The molecule has 31 heavy (non-hydrogen) atoms. The second kappa shape index (κ2) is 9.20. The zero-order valence-corrected chi connectivity index (χ0v) is 18.0. The number of rotatable bonds is 7. The lowest BCUT2D eigenvalue weighted by molar-refractivity contribution is -0.123. The molecule has 0 radical (unpaired) electrons. The van der Waals surface area contributed by atoms with Crippen molar-refractivity contribution in [2.75, 3.05) is 13.2 Å². The first kappa shape index (κ1) is 20.9. The number of para-hydroxylation sites is 1. The lowest BCUT2D eigenvalue weighted by atomic mass is 9.98. The number of fused-ring (bicyclic) bond motifs is 1. The highest BCUT2D eigenvalue weighted by molar-refractivity contribution is 5.82. The maximum Gasteiger partial charge on any atom is 0.346 e. The molecular weight excluding hydrogens is 392 g/mol. The lowest BCUT2D eigenvalue weighted by Crippen LogP contribution is -2.36. The average Bonchev–Trinajstić information content (AvgIpc) is 3.10. The van der Waals surface area contributed by atoms with E-state index in [2.05, 4.69) is 28.6 Å². The minimum atomic E-state index is -0.418. The molecule has 2 heterocycles. The first-order valence-electron chi connectivity index (χ1n) is 10.7. The number of nitrogens with zero attached hydrogens (tertiary/aromatic N) is 3. The van der Waals surface area contributed by atoms with Crippen molar-refractivity contribution < 1.29 is 9.53 Å². The summed E-state index contributed by atoms with van der Waals surface area (Å²) < 4.78 is 8.77. The van der Waals surface area contributed by atoms with E-state index in [1.807, 2.05) is 44.2 Å². The van der Waals surface area contributed by atoms with Crippen molar-refractivity contribution in [3.05, 3.63) is 81.5 Å². The van der Waals surface area contributed by atoms with E-state index in [0.29, 0.717) is 38.5 Å². The van der Waals surface area contributed by atoms with Crippen LogP contribution in [0, 0.1) is 13.8 Å². The molecule has 0 bridgehead atoms. The molecule has 4 rings (SSSR count). The zero-order valence-electron chi connectivity index (χ0n) is 18.0. The number of aromatic nitrogens is 3. The molecule has 162 valence electrons. The molecule has 7 nitrogen and oxygen atoms in total. The van der Waals surface area contributed by atoms with Gasteiger partial charge in [-0.15, -0.1) is 0 Å². The van der Waals surface area contributed by atoms with Gasteiger partial charge in [-0.3, -0.25) is 9.36 Å². The van der Waals surface area contributed by atoms with E-state index in [-0.39, 0.29) is 11.6 Å². The molecule has 1 aliphatic heterocycles. The quantitative estimate of drug-likeness (QED) is 0.596. The molecule has 0 fully saturated rings. The first-order valence-corrected chi connectivity index (χ1v) is 10.7. The maximum absolute atomic E-state index is 12.9. The third-order valence-electron chi connectivity index (χ3n) is 5.69. The first-order chi connectivity index (χ1) is 15.0. The van der Waals surface area contributed by atoms with Gasteiger partial charge in [0, 0.05) is 6.54 Å². The van der Waals surface area contributed by atoms with Crippen molar-refractivity contribution in [1.29, 1.82) is 0 Å². The van der Waals surface area contributed by atoms with Gasteiger partial charge in [0.1, 0.15) is 18.2 Å². The van der Waals surface area contributed by atoms with Gasteiger partial charge in [-0.05, 0) is 49.9 Å². The Kier molecular flexibility index (Phi) is 6.21. The van der Waals surface area contributed by atoms with E-state index in [4.69, 9.17) is 4.74 Å². The van der Waals surface area contributed by atoms with Crippen LogP contribution >= 0.6 is 0 Å². The van der Waals surface area contributed by atoms with Crippen molar-refractivity contribution >= 4 is 5.91 Å². The van der Waals surface area contributed by atoms with Crippen molar-refractivity contribution in [2.24, 2.45) is 0 Å². The number of carbonyl (C=O) groups is 1. The molecule has 1 aromatic heterocycles. The lowest BCUT2D eigenvalue weighted by Gasteiger charge is -2.21.